The van der Waals surface area contributed by atoms with Crippen LogP contribution < -0.4 is 5.32 Å². The van der Waals surface area contributed by atoms with E-state index < -0.39 is 11.6 Å². The smallest absolute Gasteiger partial charge is 0.318 e. The van der Waals surface area contributed by atoms with Crippen molar-refractivity contribution in [3.63, 3.8) is 0 Å². The summed E-state index contributed by atoms with van der Waals surface area (Å²) in [5, 5.41) is 7.55. The number of hydrogen-bond acceptors (Lipinski definition) is 3. The third kappa shape index (κ3) is 5.67. The molecule has 0 spiro atoms. The molecule has 1 N–H and O–H groups in total. The van der Waals surface area contributed by atoms with Crippen LogP contribution in [0.4, 0.5) is 13.6 Å². The molecule has 0 aliphatic carbocycles. The van der Waals surface area contributed by atoms with Crippen LogP contribution in [-0.4, -0.2) is 35.3 Å². The van der Waals surface area contributed by atoms with E-state index in [0.717, 1.165) is 17.3 Å². The van der Waals surface area contributed by atoms with Gasteiger partial charge in [0, 0.05) is 29.1 Å². The van der Waals surface area contributed by atoms with Gasteiger partial charge >= 0.3 is 6.03 Å². The number of hydrogen-bond donors (Lipinski definition) is 1. The van der Waals surface area contributed by atoms with E-state index in [1.54, 1.807) is 12.1 Å². The molecule has 0 radical (unpaired) electrons. The molecule has 1 heterocycles. The van der Waals surface area contributed by atoms with Gasteiger partial charge in [-0.25, -0.2) is 13.6 Å². The Kier molecular flexibility index (Phi) is 6.69. The van der Waals surface area contributed by atoms with Crippen molar-refractivity contribution < 1.29 is 18.4 Å². The molecule has 3 rings (SSSR count). The SMILES string of the molecule is CC(C)NC(=O)N(Cc1ccc(F)cc1F)C[C@H]1CC(c2ccc(Cl)cc2)=NO1. The van der Waals surface area contributed by atoms with Crippen molar-refractivity contribution in [2.24, 2.45) is 5.16 Å². The first kappa shape index (κ1) is 21.0. The number of rotatable bonds is 6. The van der Waals surface area contributed by atoms with Crippen LogP contribution >= 0.6 is 11.6 Å². The zero-order valence-electron chi connectivity index (χ0n) is 16.2. The molecule has 0 saturated heterocycles. The maximum atomic E-state index is 14.1. The van der Waals surface area contributed by atoms with Crippen LogP contribution in [0.3, 0.4) is 0 Å². The van der Waals surface area contributed by atoms with E-state index in [2.05, 4.69) is 10.5 Å². The summed E-state index contributed by atoms with van der Waals surface area (Å²) in [5.41, 5.74) is 1.87. The van der Waals surface area contributed by atoms with E-state index in [1.807, 2.05) is 26.0 Å². The van der Waals surface area contributed by atoms with Gasteiger partial charge in [-0.1, -0.05) is 35.0 Å². The molecule has 154 valence electrons. The van der Waals surface area contributed by atoms with Gasteiger partial charge < -0.3 is 15.1 Å². The van der Waals surface area contributed by atoms with Crippen molar-refractivity contribution in [3.05, 3.63) is 70.2 Å². The minimum Gasteiger partial charge on any atom is -0.390 e. The Morgan fingerprint density at radius 2 is 2.00 bits per heavy atom. The average Bonchev–Trinajstić information content (AvgIpc) is 3.12. The molecular formula is C21H22ClF2N3O2. The lowest BCUT2D eigenvalue weighted by Gasteiger charge is -2.26. The van der Waals surface area contributed by atoms with Gasteiger partial charge in [0.2, 0.25) is 0 Å². The van der Waals surface area contributed by atoms with Crippen molar-refractivity contribution in [2.45, 2.75) is 39.0 Å². The van der Waals surface area contributed by atoms with Crippen LogP contribution in [0, 0.1) is 11.6 Å². The predicted octanol–water partition coefficient (Wildman–Crippen LogP) is 4.73. The number of urea groups is 1. The highest BCUT2D eigenvalue weighted by Crippen LogP contribution is 2.21. The number of benzene rings is 2. The molecular weight excluding hydrogens is 400 g/mol. The zero-order chi connectivity index (χ0) is 21.0. The van der Waals surface area contributed by atoms with Gasteiger partial charge in [-0.2, -0.15) is 0 Å². The first-order chi connectivity index (χ1) is 13.8. The maximum Gasteiger partial charge on any atom is 0.318 e. The molecule has 8 heteroatoms. The van der Waals surface area contributed by atoms with E-state index >= 15 is 0 Å². The number of amides is 2. The lowest BCUT2D eigenvalue weighted by molar-refractivity contribution is 0.0584. The lowest BCUT2D eigenvalue weighted by atomic mass is 10.0. The molecule has 2 aromatic rings. The molecule has 0 saturated carbocycles. The fourth-order valence-electron chi connectivity index (χ4n) is 3.00. The van der Waals surface area contributed by atoms with Gasteiger partial charge in [-0.15, -0.1) is 0 Å². The minimum atomic E-state index is -0.696. The summed E-state index contributed by atoms with van der Waals surface area (Å²) >= 11 is 5.92. The van der Waals surface area contributed by atoms with E-state index in [9.17, 15) is 13.6 Å². The molecule has 1 aliphatic rings. The van der Waals surface area contributed by atoms with Crippen molar-refractivity contribution >= 4 is 23.3 Å². The van der Waals surface area contributed by atoms with Crippen LogP contribution in [0.15, 0.2) is 47.6 Å². The second-order valence-corrected chi connectivity index (χ2v) is 7.63. The monoisotopic (exact) mass is 421 g/mol. The van der Waals surface area contributed by atoms with Crippen LogP contribution in [-0.2, 0) is 11.4 Å². The number of nitrogens with zero attached hydrogens (tertiary/aromatic N) is 2. The summed E-state index contributed by atoms with van der Waals surface area (Å²) in [4.78, 5) is 19.6. The fourth-order valence-corrected chi connectivity index (χ4v) is 3.12. The van der Waals surface area contributed by atoms with Crippen molar-refractivity contribution in [1.29, 1.82) is 0 Å². The lowest BCUT2D eigenvalue weighted by Crippen LogP contribution is -2.45. The van der Waals surface area contributed by atoms with Gasteiger partial charge in [0.05, 0.1) is 18.8 Å². The molecule has 0 unspecified atom stereocenters. The topological polar surface area (TPSA) is 53.9 Å². The Morgan fingerprint density at radius 1 is 1.28 bits per heavy atom. The fraction of sp³-hybridized carbons (Fsp3) is 0.333. The third-order valence-electron chi connectivity index (χ3n) is 4.41. The molecule has 1 atom stereocenters. The summed E-state index contributed by atoms with van der Waals surface area (Å²) in [6.45, 7) is 3.86. The zero-order valence-corrected chi connectivity index (χ0v) is 16.9. The molecule has 5 nitrogen and oxygen atoms in total. The third-order valence-corrected chi connectivity index (χ3v) is 4.66. The second kappa shape index (κ2) is 9.22. The van der Waals surface area contributed by atoms with E-state index in [-0.39, 0.29) is 36.8 Å². The number of halogens is 3. The van der Waals surface area contributed by atoms with Crippen molar-refractivity contribution in [1.82, 2.24) is 10.2 Å². The Bertz CT molecular complexity index is 903. The molecule has 2 aromatic carbocycles. The van der Waals surface area contributed by atoms with Crippen LogP contribution in [0.5, 0.6) is 0 Å². The number of oxime groups is 1. The quantitative estimate of drug-likeness (QED) is 0.733. The first-order valence-corrected chi connectivity index (χ1v) is 9.67. The van der Waals surface area contributed by atoms with E-state index in [1.165, 1.54) is 17.0 Å². The highest BCUT2D eigenvalue weighted by Gasteiger charge is 2.27. The van der Waals surface area contributed by atoms with Crippen LogP contribution in [0.2, 0.25) is 5.02 Å². The predicted molar refractivity (Wildman–Crippen MR) is 108 cm³/mol. The summed E-state index contributed by atoms with van der Waals surface area (Å²) in [5.74, 6) is -1.36. The summed E-state index contributed by atoms with van der Waals surface area (Å²) in [6.07, 6.45) is 0.126. The molecule has 0 fully saturated rings. The Balaban J connectivity index is 1.70. The Labute approximate surface area is 173 Å². The second-order valence-electron chi connectivity index (χ2n) is 7.20. The number of carbonyl (C=O) groups is 1. The van der Waals surface area contributed by atoms with E-state index in [4.69, 9.17) is 16.4 Å². The molecule has 2 amide bonds. The van der Waals surface area contributed by atoms with Crippen LogP contribution in [0.1, 0.15) is 31.4 Å². The number of carbonyl (C=O) groups excluding carboxylic acids is 1. The maximum absolute atomic E-state index is 14.1. The van der Waals surface area contributed by atoms with Gasteiger partial charge in [0.25, 0.3) is 0 Å². The average molecular weight is 422 g/mol. The molecule has 1 aliphatic heterocycles. The highest BCUT2D eigenvalue weighted by molar-refractivity contribution is 6.30. The first-order valence-electron chi connectivity index (χ1n) is 9.30. The Hall–Kier alpha value is -2.67. The molecule has 29 heavy (non-hydrogen) atoms. The van der Waals surface area contributed by atoms with Gasteiger partial charge in [0.15, 0.2) is 6.10 Å². The summed E-state index contributed by atoms with van der Waals surface area (Å²) in [6, 6.07) is 10.1. The van der Waals surface area contributed by atoms with E-state index in [0.29, 0.717) is 11.4 Å². The number of nitrogens with one attached hydrogen (secondary N) is 1. The van der Waals surface area contributed by atoms with Crippen molar-refractivity contribution in [2.75, 3.05) is 6.54 Å². The highest BCUT2D eigenvalue weighted by atomic mass is 35.5. The summed E-state index contributed by atoms with van der Waals surface area (Å²) < 4.78 is 27.3. The van der Waals surface area contributed by atoms with Gasteiger partial charge in [0.1, 0.15) is 11.6 Å². The van der Waals surface area contributed by atoms with Crippen LogP contribution in [0.25, 0.3) is 0 Å². The largest absolute Gasteiger partial charge is 0.390 e. The molecule has 0 aromatic heterocycles. The summed E-state index contributed by atoms with van der Waals surface area (Å²) in [7, 11) is 0. The minimum absolute atomic E-state index is 0.0131. The normalized spacial score (nSPS) is 15.8. The van der Waals surface area contributed by atoms with Gasteiger partial charge in [-0.3, -0.25) is 0 Å². The van der Waals surface area contributed by atoms with Crippen molar-refractivity contribution in [3.8, 4) is 0 Å². The van der Waals surface area contributed by atoms with Gasteiger partial charge in [-0.05, 0) is 37.6 Å². The molecule has 0 bridgehead atoms. The Morgan fingerprint density at radius 3 is 2.66 bits per heavy atom. The standard InChI is InChI=1S/C21H22ClF2N3O2/c1-13(2)25-21(28)27(11-15-5-8-17(23)9-19(15)24)12-18-10-20(26-29-18)14-3-6-16(22)7-4-14/h3-9,13,18H,10-12H2,1-2H3,(H,25,28)/t18-/m1/s1.